The molecule has 1 aromatic carbocycles. The average Bonchev–Trinajstić information content (AvgIpc) is 2.60. The van der Waals surface area contributed by atoms with E-state index in [1.54, 1.807) is 5.43 Å². The molecular weight excluding hydrogens is 387 g/mol. The number of aromatic nitrogens is 2. The van der Waals surface area contributed by atoms with Crippen molar-refractivity contribution in [3.63, 3.8) is 0 Å². The molecule has 0 aliphatic heterocycles. The third-order valence-corrected chi connectivity index (χ3v) is 4.51. The molecule has 0 bridgehead atoms. The Hall–Kier alpha value is -2.73. The lowest BCUT2D eigenvalue weighted by atomic mass is 10.1. The van der Waals surface area contributed by atoms with Gasteiger partial charge in [-0.05, 0) is 11.6 Å². The van der Waals surface area contributed by atoms with Crippen molar-refractivity contribution in [3.8, 4) is 0 Å². The smallest absolute Gasteiger partial charge is 0.286 e. The van der Waals surface area contributed by atoms with Crippen LogP contribution in [-0.4, -0.2) is 37.0 Å². The lowest BCUT2D eigenvalue weighted by molar-refractivity contribution is -0.132. The van der Waals surface area contributed by atoms with Crippen LogP contribution in [0.5, 0.6) is 0 Å². The van der Waals surface area contributed by atoms with Crippen LogP contribution in [-0.2, 0) is 27.9 Å². The first-order chi connectivity index (χ1) is 12.7. The number of hydrazine groups is 1. The van der Waals surface area contributed by atoms with E-state index >= 15 is 0 Å². The molecule has 0 spiro atoms. The third kappa shape index (κ3) is 5.89. The second-order valence-electron chi connectivity index (χ2n) is 5.44. The summed E-state index contributed by atoms with van der Waals surface area (Å²) in [5, 5.41) is 0. The minimum Gasteiger partial charge on any atom is -0.286 e. The van der Waals surface area contributed by atoms with Gasteiger partial charge < -0.3 is 0 Å². The number of sulfonamides is 1. The van der Waals surface area contributed by atoms with Gasteiger partial charge in [-0.1, -0.05) is 12.1 Å². The maximum atomic E-state index is 14.3. The third-order valence-electron chi connectivity index (χ3n) is 3.37. The molecule has 0 saturated carbocycles. The van der Waals surface area contributed by atoms with Crippen LogP contribution in [0.4, 0.5) is 18.9 Å². The largest absolute Gasteiger partial charge is 0.316 e. The van der Waals surface area contributed by atoms with Crippen molar-refractivity contribution in [2.24, 2.45) is 0 Å². The Morgan fingerprint density at radius 2 is 1.93 bits per heavy atom. The van der Waals surface area contributed by atoms with Crippen molar-refractivity contribution in [1.29, 1.82) is 0 Å². The zero-order chi connectivity index (χ0) is 20.0. The molecule has 0 unspecified atom stereocenters. The Morgan fingerprint density at radius 1 is 1.26 bits per heavy atom. The van der Waals surface area contributed by atoms with Gasteiger partial charge in [0.2, 0.25) is 10.0 Å². The van der Waals surface area contributed by atoms with E-state index in [0.29, 0.717) is 5.56 Å². The van der Waals surface area contributed by atoms with E-state index < -0.39 is 28.2 Å². The number of rotatable bonds is 8. The maximum absolute atomic E-state index is 14.3. The number of hydrogen-bond donors (Lipinski definition) is 2. The highest BCUT2D eigenvalue weighted by Gasteiger charge is 2.20. The van der Waals surface area contributed by atoms with Gasteiger partial charge in [0.15, 0.2) is 0 Å². The first kappa shape index (κ1) is 20.6. The van der Waals surface area contributed by atoms with Gasteiger partial charge in [0.05, 0.1) is 30.9 Å². The van der Waals surface area contributed by atoms with Gasteiger partial charge in [-0.25, -0.2) is 28.2 Å². The summed E-state index contributed by atoms with van der Waals surface area (Å²) < 4.78 is 63.4. The topological polar surface area (TPSA) is 104 Å². The standard InChI is InChI=1S/C15H16F3N5O3S/c1-27(25,26)23(12-6-19-9-20-7-12)8-11-3-2-10(4-13(11)16)5-21-22-15(24)14(17)18/h2-4,6-7,9,14,21H,5,8H2,1H3,(H,22,24). The summed E-state index contributed by atoms with van der Waals surface area (Å²) in [6.45, 7) is -0.383. The monoisotopic (exact) mass is 403 g/mol. The van der Waals surface area contributed by atoms with Crippen LogP contribution >= 0.6 is 0 Å². The molecule has 27 heavy (non-hydrogen) atoms. The van der Waals surface area contributed by atoms with Gasteiger partial charge in [0.1, 0.15) is 12.1 Å². The summed E-state index contributed by atoms with van der Waals surface area (Å²) in [7, 11) is -3.72. The van der Waals surface area contributed by atoms with Crippen molar-refractivity contribution in [3.05, 3.63) is 53.9 Å². The second-order valence-corrected chi connectivity index (χ2v) is 7.34. The molecule has 8 nitrogen and oxygen atoms in total. The second kappa shape index (κ2) is 8.77. The summed E-state index contributed by atoms with van der Waals surface area (Å²) in [4.78, 5) is 18.2. The Morgan fingerprint density at radius 3 is 2.48 bits per heavy atom. The van der Waals surface area contributed by atoms with Crippen LogP contribution in [0.2, 0.25) is 0 Å². The van der Waals surface area contributed by atoms with Gasteiger partial charge >= 0.3 is 12.3 Å². The number of anilines is 1. The fraction of sp³-hybridized carbons (Fsp3) is 0.267. The van der Waals surface area contributed by atoms with Gasteiger partial charge in [-0.3, -0.25) is 14.5 Å². The first-order valence-electron chi connectivity index (χ1n) is 7.49. The van der Waals surface area contributed by atoms with Gasteiger partial charge in [-0.2, -0.15) is 8.78 Å². The van der Waals surface area contributed by atoms with Crippen LogP contribution in [0.25, 0.3) is 0 Å². The van der Waals surface area contributed by atoms with Crippen molar-refractivity contribution in [2.75, 3.05) is 10.6 Å². The highest BCUT2D eigenvalue weighted by Crippen LogP contribution is 2.20. The number of hydrogen-bond acceptors (Lipinski definition) is 6. The average molecular weight is 403 g/mol. The van der Waals surface area contributed by atoms with E-state index in [1.165, 1.54) is 30.9 Å². The lowest BCUT2D eigenvalue weighted by Gasteiger charge is -2.22. The van der Waals surface area contributed by atoms with Crippen LogP contribution in [0.1, 0.15) is 11.1 Å². The van der Waals surface area contributed by atoms with Crippen molar-refractivity contribution < 1.29 is 26.4 Å². The Balaban J connectivity index is 2.11. The van der Waals surface area contributed by atoms with E-state index in [4.69, 9.17) is 0 Å². The maximum Gasteiger partial charge on any atom is 0.316 e. The van der Waals surface area contributed by atoms with E-state index in [9.17, 15) is 26.4 Å². The van der Waals surface area contributed by atoms with Crippen LogP contribution in [0, 0.1) is 5.82 Å². The Kier molecular flexibility index (Phi) is 6.69. The van der Waals surface area contributed by atoms with E-state index in [-0.39, 0.29) is 24.3 Å². The molecule has 0 saturated heterocycles. The first-order valence-corrected chi connectivity index (χ1v) is 9.34. The van der Waals surface area contributed by atoms with Gasteiger partial charge in [-0.15, -0.1) is 0 Å². The summed E-state index contributed by atoms with van der Waals surface area (Å²) in [5.41, 5.74) is 4.66. The zero-order valence-corrected chi connectivity index (χ0v) is 14.9. The molecule has 0 radical (unpaired) electrons. The summed E-state index contributed by atoms with van der Waals surface area (Å²) in [5.74, 6) is -2.19. The Bertz CT molecular complexity index is 897. The Labute approximate surface area is 153 Å². The van der Waals surface area contributed by atoms with Crippen molar-refractivity contribution >= 4 is 21.6 Å². The molecular formula is C15H16F3N5O3S. The number of benzene rings is 1. The number of nitrogens with zero attached hydrogens (tertiary/aromatic N) is 3. The number of alkyl halides is 2. The summed E-state index contributed by atoms with van der Waals surface area (Å²) in [6, 6.07) is 3.95. The highest BCUT2D eigenvalue weighted by molar-refractivity contribution is 7.92. The zero-order valence-electron chi connectivity index (χ0n) is 14.1. The fourth-order valence-corrected chi connectivity index (χ4v) is 2.94. The van der Waals surface area contributed by atoms with Crippen molar-refractivity contribution in [2.45, 2.75) is 19.5 Å². The molecule has 12 heteroatoms. The highest BCUT2D eigenvalue weighted by atomic mass is 32.2. The molecule has 2 aromatic rings. The van der Waals surface area contributed by atoms with Gasteiger partial charge in [0, 0.05) is 12.1 Å². The molecule has 0 aliphatic rings. The minimum absolute atomic E-state index is 0.0876. The predicted molar refractivity (Wildman–Crippen MR) is 90.4 cm³/mol. The molecule has 2 rings (SSSR count). The lowest BCUT2D eigenvalue weighted by Crippen LogP contribution is -2.40. The SMILES string of the molecule is CS(=O)(=O)N(Cc1ccc(CNNC(=O)C(F)F)cc1F)c1cncnc1. The molecule has 2 N–H and O–H groups in total. The number of carbonyl (C=O) groups excluding carboxylic acids is 1. The van der Waals surface area contributed by atoms with Crippen LogP contribution < -0.4 is 15.2 Å². The molecule has 0 fully saturated rings. The van der Waals surface area contributed by atoms with Gasteiger partial charge in [0.25, 0.3) is 0 Å². The van der Waals surface area contributed by atoms with E-state index in [2.05, 4.69) is 15.4 Å². The quantitative estimate of drug-likeness (QED) is 0.637. The van der Waals surface area contributed by atoms with Crippen molar-refractivity contribution in [1.82, 2.24) is 20.8 Å². The molecule has 1 heterocycles. The number of nitrogens with one attached hydrogen (secondary N) is 2. The minimum atomic E-state index is -3.72. The summed E-state index contributed by atoms with van der Waals surface area (Å²) in [6.07, 6.45) is 1.62. The van der Waals surface area contributed by atoms with E-state index in [1.807, 2.05) is 0 Å². The fourth-order valence-electron chi connectivity index (χ4n) is 2.09. The summed E-state index contributed by atoms with van der Waals surface area (Å²) >= 11 is 0. The molecule has 0 aliphatic carbocycles. The predicted octanol–water partition coefficient (Wildman–Crippen LogP) is 0.968. The number of amides is 1. The van der Waals surface area contributed by atoms with E-state index in [0.717, 1.165) is 16.6 Å². The molecule has 0 atom stereocenters. The molecule has 1 aromatic heterocycles. The molecule has 146 valence electrons. The van der Waals surface area contributed by atoms with Crippen LogP contribution in [0.15, 0.2) is 36.9 Å². The molecule has 1 amide bonds. The van der Waals surface area contributed by atoms with Crippen LogP contribution in [0.3, 0.4) is 0 Å². The normalized spacial score (nSPS) is 11.4. The number of halogens is 3. The number of carbonyl (C=O) groups is 1.